The molecule has 0 saturated heterocycles. The Kier molecular flexibility index (Phi) is 5.63. The molecule has 27 heavy (non-hydrogen) atoms. The van der Waals surface area contributed by atoms with E-state index >= 15 is 0 Å². The molecule has 7 nitrogen and oxygen atoms in total. The molecule has 3 N–H and O–H groups in total. The van der Waals surface area contributed by atoms with E-state index in [1.54, 1.807) is 24.3 Å². The summed E-state index contributed by atoms with van der Waals surface area (Å²) in [5.41, 5.74) is 4.91. The zero-order valence-corrected chi connectivity index (χ0v) is 15.3. The summed E-state index contributed by atoms with van der Waals surface area (Å²) < 4.78 is 15.3. The lowest BCUT2D eigenvalue weighted by molar-refractivity contribution is -0.122. The third kappa shape index (κ3) is 4.39. The third-order valence-electron chi connectivity index (χ3n) is 3.60. The van der Waals surface area contributed by atoms with Crippen molar-refractivity contribution in [2.24, 2.45) is 0 Å². The first-order valence-corrected chi connectivity index (χ1v) is 8.49. The van der Waals surface area contributed by atoms with Crippen LogP contribution in [-0.2, 0) is 11.3 Å². The van der Waals surface area contributed by atoms with E-state index in [1.165, 1.54) is 22.8 Å². The van der Waals surface area contributed by atoms with Gasteiger partial charge in [0.05, 0.1) is 5.56 Å². The smallest absolute Gasteiger partial charge is 0.272 e. The van der Waals surface area contributed by atoms with Gasteiger partial charge in [0.1, 0.15) is 12.4 Å². The van der Waals surface area contributed by atoms with E-state index in [9.17, 15) is 14.0 Å². The van der Waals surface area contributed by atoms with Gasteiger partial charge in [-0.1, -0.05) is 23.7 Å². The Hall–Kier alpha value is -3.04. The lowest BCUT2D eigenvalue weighted by Gasteiger charge is -2.10. The van der Waals surface area contributed by atoms with E-state index in [2.05, 4.69) is 21.0 Å². The number of benzene rings is 2. The van der Waals surface area contributed by atoms with Gasteiger partial charge in [0.15, 0.2) is 10.6 Å². The van der Waals surface area contributed by atoms with Gasteiger partial charge < -0.3 is 0 Å². The van der Waals surface area contributed by atoms with E-state index in [1.807, 2.05) is 0 Å². The number of aromatic amines is 1. The van der Waals surface area contributed by atoms with Crippen molar-refractivity contribution in [1.82, 2.24) is 25.6 Å². The summed E-state index contributed by atoms with van der Waals surface area (Å²) in [5.74, 6) is -1.58. The average Bonchev–Trinajstić information content (AvgIpc) is 3.01. The van der Waals surface area contributed by atoms with Crippen LogP contribution in [0.3, 0.4) is 0 Å². The van der Waals surface area contributed by atoms with Crippen molar-refractivity contribution in [2.45, 2.75) is 6.54 Å². The Morgan fingerprint density at radius 2 is 1.85 bits per heavy atom. The van der Waals surface area contributed by atoms with E-state index < -0.39 is 17.6 Å². The number of aromatic nitrogens is 3. The van der Waals surface area contributed by atoms with Gasteiger partial charge in [-0.25, -0.2) is 4.39 Å². The Morgan fingerprint density at radius 3 is 2.56 bits per heavy atom. The molecule has 10 heteroatoms. The molecule has 2 aromatic carbocycles. The Bertz CT molecular complexity index is 1050. The molecule has 3 aromatic rings. The van der Waals surface area contributed by atoms with E-state index in [0.29, 0.717) is 16.4 Å². The van der Waals surface area contributed by atoms with E-state index in [0.717, 1.165) is 6.07 Å². The summed E-state index contributed by atoms with van der Waals surface area (Å²) in [6.45, 7) is -0.204. The second-order valence-corrected chi connectivity index (χ2v) is 6.25. The first-order valence-electron chi connectivity index (χ1n) is 7.70. The summed E-state index contributed by atoms with van der Waals surface area (Å²) >= 11 is 11.0. The van der Waals surface area contributed by atoms with Crippen LogP contribution in [0.2, 0.25) is 5.02 Å². The highest BCUT2D eigenvalue weighted by atomic mass is 35.5. The highest BCUT2D eigenvalue weighted by molar-refractivity contribution is 7.71. The van der Waals surface area contributed by atoms with Crippen molar-refractivity contribution in [3.63, 3.8) is 0 Å². The largest absolute Gasteiger partial charge is 0.291 e. The van der Waals surface area contributed by atoms with Gasteiger partial charge in [0.25, 0.3) is 11.8 Å². The monoisotopic (exact) mass is 405 g/mol. The maximum Gasteiger partial charge on any atom is 0.272 e. The molecular formula is C17H13ClFN5O2S. The molecule has 0 atom stereocenters. The molecule has 0 aliphatic carbocycles. The minimum atomic E-state index is -0.768. The van der Waals surface area contributed by atoms with E-state index in [4.69, 9.17) is 23.8 Å². The number of carbonyl (C=O) groups excluding carboxylic acids is 2. The predicted octanol–water partition coefficient (Wildman–Crippen LogP) is 2.86. The van der Waals surface area contributed by atoms with Gasteiger partial charge in [-0.05, 0) is 48.6 Å². The van der Waals surface area contributed by atoms with Gasteiger partial charge in [-0.15, -0.1) is 0 Å². The van der Waals surface area contributed by atoms with Gasteiger partial charge in [-0.3, -0.25) is 30.1 Å². The fourth-order valence-corrected chi connectivity index (χ4v) is 2.63. The van der Waals surface area contributed by atoms with Gasteiger partial charge in [-0.2, -0.15) is 5.10 Å². The molecule has 0 fully saturated rings. The number of amides is 2. The molecule has 0 radical (unpaired) electrons. The maximum absolute atomic E-state index is 13.6. The highest BCUT2D eigenvalue weighted by Crippen LogP contribution is 2.19. The highest BCUT2D eigenvalue weighted by Gasteiger charge is 2.15. The third-order valence-corrected chi connectivity index (χ3v) is 4.16. The number of carbonyl (C=O) groups is 2. The normalized spacial score (nSPS) is 10.4. The van der Waals surface area contributed by atoms with Crippen LogP contribution in [0.15, 0.2) is 48.5 Å². The zero-order valence-electron chi connectivity index (χ0n) is 13.7. The van der Waals surface area contributed by atoms with Gasteiger partial charge in [0.2, 0.25) is 0 Å². The molecule has 2 amide bonds. The van der Waals surface area contributed by atoms with Crippen molar-refractivity contribution in [2.75, 3.05) is 0 Å². The molecule has 0 saturated carbocycles. The number of hydrogen-bond acceptors (Lipinski definition) is 4. The number of H-pyrrole nitrogens is 1. The first-order chi connectivity index (χ1) is 13.0. The van der Waals surface area contributed by atoms with Gasteiger partial charge >= 0.3 is 0 Å². The second kappa shape index (κ2) is 8.11. The van der Waals surface area contributed by atoms with Crippen molar-refractivity contribution in [1.29, 1.82) is 0 Å². The molecule has 3 rings (SSSR count). The summed E-state index contributed by atoms with van der Waals surface area (Å²) in [4.78, 5) is 24.1. The average molecular weight is 406 g/mol. The molecule has 0 unspecified atom stereocenters. The Balaban J connectivity index is 1.69. The van der Waals surface area contributed by atoms with Crippen LogP contribution in [-0.4, -0.2) is 26.6 Å². The fourth-order valence-electron chi connectivity index (χ4n) is 2.31. The molecule has 1 aromatic heterocycles. The van der Waals surface area contributed by atoms with Crippen LogP contribution in [0, 0.1) is 10.6 Å². The summed E-state index contributed by atoms with van der Waals surface area (Å²) in [6, 6.07) is 12.3. The standard InChI is InChI=1S/C17H13ClFN5O2S/c18-11-7-5-10(6-8-11)15-21-23-17(27)24(15)9-14(25)20-22-16(26)12-3-1-2-4-13(12)19/h1-8H,9H2,(H,20,25)(H,22,26)(H,23,27). The Labute approximate surface area is 163 Å². The predicted molar refractivity (Wildman–Crippen MR) is 99.9 cm³/mol. The lowest BCUT2D eigenvalue weighted by Crippen LogP contribution is -2.43. The summed E-state index contributed by atoms with van der Waals surface area (Å²) in [5, 5.41) is 7.29. The number of nitrogens with one attached hydrogen (secondary N) is 3. The molecule has 1 heterocycles. The molecule has 0 bridgehead atoms. The van der Waals surface area contributed by atoms with Crippen LogP contribution >= 0.6 is 23.8 Å². The maximum atomic E-state index is 13.6. The topological polar surface area (TPSA) is 91.8 Å². The van der Waals surface area contributed by atoms with Crippen molar-refractivity contribution in [3.05, 3.63) is 69.7 Å². The van der Waals surface area contributed by atoms with Crippen molar-refractivity contribution < 1.29 is 14.0 Å². The summed E-state index contributed by atoms with van der Waals surface area (Å²) in [6.07, 6.45) is 0. The quantitative estimate of drug-likeness (QED) is 0.459. The zero-order chi connectivity index (χ0) is 19.4. The number of hydrogen-bond donors (Lipinski definition) is 3. The van der Waals surface area contributed by atoms with Crippen molar-refractivity contribution in [3.8, 4) is 11.4 Å². The number of halogens is 2. The fraction of sp³-hybridized carbons (Fsp3) is 0.0588. The number of hydrazine groups is 1. The summed E-state index contributed by atoms with van der Waals surface area (Å²) in [7, 11) is 0. The van der Waals surface area contributed by atoms with Crippen LogP contribution in [0.1, 0.15) is 10.4 Å². The SMILES string of the molecule is O=C(Cn1c(-c2ccc(Cl)cc2)n[nH]c1=S)NNC(=O)c1ccccc1F. The molecular weight excluding hydrogens is 393 g/mol. The van der Waals surface area contributed by atoms with Crippen LogP contribution in [0.25, 0.3) is 11.4 Å². The van der Waals surface area contributed by atoms with Crippen LogP contribution in [0.5, 0.6) is 0 Å². The minimum absolute atomic E-state index is 0.181. The van der Waals surface area contributed by atoms with Crippen LogP contribution in [0.4, 0.5) is 4.39 Å². The first kappa shape index (κ1) is 18.7. The molecule has 138 valence electrons. The lowest BCUT2D eigenvalue weighted by atomic mass is 10.2. The molecule has 0 spiro atoms. The van der Waals surface area contributed by atoms with Crippen molar-refractivity contribution >= 4 is 35.6 Å². The second-order valence-electron chi connectivity index (χ2n) is 5.43. The molecule has 0 aliphatic rings. The van der Waals surface area contributed by atoms with Crippen LogP contribution < -0.4 is 10.9 Å². The molecule has 0 aliphatic heterocycles. The number of nitrogens with zero attached hydrogens (tertiary/aromatic N) is 2. The Morgan fingerprint density at radius 1 is 1.15 bits per heavy atom. The van der Waals surface area contributed by atoms with E-state index in [-0.39, 0.29) is 16.9 Å². The minimum Gasteiger partial charge on any atom is -0.291 e. The van der Waals surface area contributed by atoms with Gasteiger partial charge in [0, 0.05) is 10.6 Å². The number of rotatable bonds is 4.